The van der Waals surface area contributed by atoms with Crippen molar-refractivity contribution >= 4 is 23.2 Å². The van der Waals surface area contributed by atoms with Gasteiger partial charge in [0.15, 0.2) is 0 Å². The average molecular weight is 265 g/mol. The summed E-state index contributed by atoms with van der Waals surface area (Å²) >= 11 is 5.51. The van der Waals surface area contributed by atoms with Crippen LogP contribution in [0.15, 0.2) is 36.9 Å². The summed E-state index contributed by atoms with van der Waals surface area (Å²) in [6.07, 6.45) is 3.46. The lowest BCUT2D eigenvalue weighted by molar-refractivity contribution is -0.115. The van der Waals surface area contributed by atoms with Crippen LogP contribution in [0.4, 0.5) is 5.69 Å². The van der Waals surface area contributed by atoms with Crippen LogP contribution in [0.3, 0.4) is 0 Å². The molecule has 1 aromatic carbocycles. The molecule has 0 aliphatic rings. The summed E-state index contributed by atoms with van der Waals surface area (Å²) in [4.78, 5) is 15.3. The Balaban J connectivity index is 2.03. The summed E-state index contributed by atoms with van der Waals surface area (Å²) in [7, 11) is 0. The van der Waals surface area contributed by atoms with Crippen LogP contribution < -0.4 is 5.32 Å². The fourth-order valence-corrected chi connectivity index (χ4v) is 1.73. The summed E-state index contributed by atoms with van der Waals surface area (Å²) < 4.78 is 1.72. The van der Waals surface area contributed by atoms with Crippen LogP contribution in [-0.4, -0.2) is 26.6 Å². The minimum Gasteiger partial charge on any atom is -0.326 e. The third kappa shape index (κ3) is 3.56. The molecule has 1 heterocycles. The van der Waals surface area contributed by atoms with Crippen LogP contribution in [0.25, 0.3) is 0 Å². The van der Waals surface area contributed by atoms with Crippen molar-refractivity contribution in [1.82, 2.24) is 14.8 Å². The standard InChI is InChI=1S/C12H13ClN4O/c13-5-4-12(18)16-11-3-1-2-10(6-11)7-17-9-14-8-15-17/h1-3,6,8-9H,4-5,7H2,(H,16,18). The monoisotopic (exact) mass is 264 g/mol. The third-order valence-electron chi connectivity index (χ3n) is 2.34. The Hall–Kier alpha value is -1.88. The van der Waals surface area contributed by atoms with Gasteiger partial charge >= 0.3 is 0 Å². The van der Waals surface area contributed by atoms with E-state index in [4.69, 9.17) is 11.6 Å². The molecule has 2 rings (SSSR count). The summed E-state index contributed by atoms with van der Waals surface area (Å²) in [6, 6.07) is 7.62. The Labute approximate surface area is 110 Å². The predicted octanol–water partition coefficient (Wildman–Crippen LogP) is 1.89. The molecule has 0 atom stereocenters. The number of nitrogens with one attached hydrogen (secondary N) is 1. The van der Waals surface area contributed by atoms with Crippen molar-refractivity contribution in [2.24, 2.45) is 0 Å². The summed E-state index contributed by atoms with van der Waals surface area (Å²) in [5.41, 5.74) is 1.81. The topological polar surface area (TPSA) is 59.8 Å². The van der Waals surface area contributed by atoms with E-state index in [1.165, 1.54) is 6.33 Å². The minimum absolute atomic E-state index is 0.0806. The SMILES string of the molecule is O=C(CCCl)Nc1cccc(Cn2cncn2)c1. The zero-order valence-corrected chi connectivity index (χ0v) is 10.5. The van der Waals surface area contributed by atoms with E-state index < -0.39 is 0 Å². The quantitative estimate of drug-likeness (QED) is 0.839. The van der Waals surface area contributed by atoms with E-state index in [0.717, 1.165) is 11.3 Å². The van der Waals surface area contributed by atoms with Crippen molar-refractivity contribution in [3.8, 4) is 0 Å². The number of hydrogen-bond acceptors (Lipinski definition) is 3. The highest BCUT2D eigenvalue weighted by molar-refractivity contribution is 6.19. The van der Waals surface area contributed by atoms with E-state index >= 15 is 0 Å². The molecule has 0 saturated carbocycles. The number of benzene rings is 1. The van der Waals surface area contributed by atoms with Crippen molar-refractivity contribution in [3.63, 3.8) is 0 Å². The Bertz CT molecular complexity index is 513. The van der Waals surface area contributed by atoms with Gasteiger partial charge < -0.3 is 5.32 Å². The first-order chi connectivity index (χ1) is 8.78. The van der Waals surface area contributed by atoms with Gasteiger partial charge in [0.25, 0.3) is 0 Å². The first-order valence-corrected chi connectivity index (χ1v) is 6.08. The lowest BCUT2D eigenvalue weighted by Gasteiger charge is -2.06. The van der Waals surface area contributed by atoms with Crippen molar-refractivity contribution in [3.05, 3.63) is 42.5 Å². The lowest BCUT2D eigenvalue weighted by Crippen LogP contribution is -2.12. The van der Waals surface area contributed by atoms with Crippen molar-refractivity contribution in [1.29, 1.82) is 0 Å². The lowest BCUT2D eigenvalue weighted by atomic mass is 10.2. The molecule has 0 saturated heterocycles. The molecule has 2 aromatic rings. The van der Waals surface area contributed by atoms with Gasteiger partial charge in [-0.1, -0.05) is 12.1 Å². The Kier molecular flexibility index (Phi) is 4.30. The zero-order valence-electron chi connectivity index (χ0n) is 9.71. The Morgan fingerprint density at radius 3 is 3.06 bits per heavy atom. The number of aromatic nitrogens is 3. The van der Waals surface area contributed by atoms with Gasteiger partial charge in [-0.2, -0.15) is 5.10 Å². The van der Waals surface area contributed by atoms with E-state index in [0.29, 0.717) is 18.8 Å². The van der Waals surface area contributed by atoms with Crippen LogP contribution in [0.1, 0.15) is 12.0 Å². The number of alkyl halides is 1. The third-order valence-corrected chi connectivity index (χ3v) is 2.53. The minimum atomic E-state index is -0.0806. The van der Waals surface area contributed by atoms with Crippen molar-refractivity contribution in [2.75, 3.05) is 11.2 Å². The zero-order chi connectivity index (χ0) is 12.8. The maximum atomic E-state index is 11.4. The van der Waals surface area contributed by atoms with Gasteiger partial charge in [-0.25, -0.2) is 9.67 Å². The number of hydrogen-bond donors (Lipinski definition) is 1. The van der Waals surface area contributed by atoms with E-state index in [1.54, 1.807) is 11.0 Å². The largest absolute Gasteiger partial charge is 0.326 e. The maximum absolute atomic E-state index is 11.4. The molecule has 0 spiro atoms. The molecule has 1 amide bonds. The van der Waals surface area contributed by atoms with Crippen LogP contribution in [-0.2, 0) is 11.3 Å². The fraction of sp³-hybridized carbons (Fsp3) is 0.250. The summed E-state index contributed by atoms with van der Waals surface area (Å²) in [6.45, 7) is 0.624. The highest BCUT2D eigenvalue weighted by Crippen LogP contribution is 2.12. The molecule has 0 aliphatic carbocycles. The highest BCUT2D eigenvalue weighted by atomic mass is 35.5. The number of nitrogens with zero attached hydrogens (tertiary/aromatic N) is 3. The number of halogens is 1. The second-order valence-corrected chi connectivity index (χ2v) is 4.16. The molecule has 0 bridgehead atoms. The van der Waals surface area contributed by atoms with E-state index in [2.05, 4.69) is 15.4 Å². The van der Waals surface area contributed by atoms with Gasteiger partial charge in [0, 0.05) is 18.0 Å². The highest BCUT2D eigenvalue weighted by Gasteiger charge is 2.02. The first-order valence-electron chi connectivity index (χ1n) is 5.55. The molecule has 5 nitrogen and oxygen atoms in total. The number of carbonyl (C=O) groups excluding carboxylic acids is 1. The molecule has 1 N–H and O–H groups in total. The van der Waals surface area contributed by atoms with E-state index in [9.17, 15) is 4.79 Å². The number of rotatable bonds is 5. The predicted molar refractivity (Wildman–Crippen MR) is 69.5 cm³/mol. The van der Waals surface area contributed by atoms with Crippen LogP contribution in [0.5, 0.6) is 0 Å². The second-order valence-electron chi connectivity index (χ2n) is 3.78. The van der Waals surface area contributed by atoms with Crippen molar-refractivity contribution in [2.45, 2.75) is 13.0 Å². The van der Waals surface area contributed by atoms with Gasteiger partial charge in [-0.3, -0.25) is 4.79 Å². The molecular weight excluding hydrogens is 252 g/mol. The smallest absolute Gasteiger partial charge is 0.225 e. The molecule has 1 aromatic heterocycles. The number of amides is 1. The Morgan fingerprint density at radius 1 is 1.44 bits per heavy atom. The molecule has 94 valence electrons. The van der Waals surface area contributed by atoms with Gasteiger partial charge in [0.1, 0.15) is 12.7 Å². The van der Waals surface area contributed by atoms with Crippen LogP contribution >= 0.6 is 11.6 Å². The van der Waals surface area contributed by atoms with Gasteiger partial charge in [0.05, 0.1) is 6.54 Å². The number of carbonyl (C=O) groups is 1. The molecule has 6 heteroatoms. The fourth-order valence-electron chi connectivity index (χ4n) is 1.56. The average Bonchev–Trinajstić information content (AvgIpc) is 2.82. The number of anilines is 1. The molecule has 0 aliphatic heterocycles. The van der Waals surface area contributed by atoms with Crippen LogP contribution in [0, 0.1) is 0 Å². The van der Waals surface area contributed by atoms with Gasteiger partial charge in [-0.05, 0) is 17.7 Å². The molecule has 0 radical (unpaired) electrons. The first kappa shape index (κ1) is 12.6. The van der Waals surface area contributed by atoms with Crippen molar-refractivity contribution < 1.29 is 4.79 Å². The maximum Gasteiger partial charge on any atom is 0.225 e. The van der Waals surface area contributed by atoms with E-state index in [1.807, 2.05) is 24.3 Å². The molecule has 0 unspecified atom stereocenters. The molecule has 0 fully saturated rings. The van der Waals surface area contributed by atoms with Crippen LogP contribution in [0.2, 0.25) is 0 Å². The van der Waals surface area contributed by atoms with E-state index in [-0.39, 0.29) is 5.91 Å². The van der Waals surface area contributed by atoms with Gasteiger partial charge in [-0.15, -0.1) is 11.6 Å². The molecule has 18 heavy (non-hydrogen) atoms. The van der Waals surface area contributed by atoms with Gasteiger partial charge in [0.2, 0.25) is 5.91 Å². The Morgan fingerprint density at radius 2 is 2.33 bits per heavy atom. The summed E-state index contributed by atoms with van der Waals surface area (Å²) in [5, 5.41) is 6.83. The summed E-state index contributed by atoms with van der Waals surface area (Å²) in [5.74, 6) is 0.243. The normalized spacial score (nSPS) is 10.3. The molecular formula is C12H13ClN4O. The second kappa shape index (κ2) is 6.16.